The van der Waals surface area contributed by atoms with Crippen molar-refractivity contribution in [3.63, 3.8) is 0 Å². The van der Waals surface area contributed by atoms with E-state index in [2.05, 4.69) is 46.6 Å². The van der Waals surface area contributed by atoms with E-state index in [0.717, 1.165) is 35.3 Å². The summed E-state index contributed by atoms with van der Waals surface area (Å²) in [6.07, 6.45) is 4.63. The molecular formula is C31H36N2O3S. The predicted molar refractivity (Wildman–Crippen MR) is 149 cm³/mol. The minimum absolute atomic E-state index is 0.00776. The zero-order chi connectivity index (χ0) is 25.8. The molecule has 1 N–H and O–H groups in total. The van der Waals surface area contributed by atoms with E-state index in [1.807, 2.05) is 36.4 Å². The largest absolute Gasteiger partial charge is 0.325 e. The minimum atomic E-state index is -3.17. The van der Waals surface area contributed by atoms with Crippen LogP contribution in [0.15, 0.2) is 72.8 Å². The first kappa shape index (κ1) is 25.7. The quantitative estimate of drug-likeness (QED) is 0.398. The van der Waals surface area contributed by atoms with Crippen molar-refractivity contribution in [2.24, 2.45) is 0 Å². The van der Waals surface area contributed by atoms with Crippen molar-refractivity contribution in [2.45, 2.75) is 56.7 Å². The molecule has 0 saturated carbocycles. The van der Waals surface area contributed by atoms with Gasteiger partial charge in [-0.1, -0.05) is 80.1 Å². The summed E-state index contributed by atoms with van der Waals surface area (Å²) >= 11 is 0. The van der Waals surface area contributed by atoms with Gasteiger partial charge < -0.3 is 5.32 Å². The van der Waals surface area contributed by atoms with Gasteiger partial charge in [0.1, 0.15) is 0 Å². The van der Waals surface area contributed by atoms with Crippen molar-refractivity contribution in [1.29, 1.82) is 0 Å². The molecule has 194 valence electrons. The van der Waals surface area contributed by atoms with E-state index < -0.39 is 9.84 Å². The van der Waals surface area contributed by atoms with Gasteiger partial charge in [-0.15, -0.1) is 0 Å². The molecule has 3 aromatic carbocycles. The Kier molecular flexibility index (Phi) is 7.77. The third kappa shape index (κ3) is 6.13. The number of anilines is 1. The molecule has 6 heteroatoms. The number of fused-ring (bicyclic) bond motifs is 1. The van der Waals surface area contributed by atoms with Crippen LogP contribution in [0.2, 0.25) is 0 Å². The van der Waals surface area contributed by atoms with Gasteiger partial charge in [0.15, 0.2) is 9.84 Å². The highest BCUT2D eigenvalue weighted by Gasteiger charge is 2.38. The van der Waals surface area contributed by atoms with Gasteiger partial charge in [0, 0.05) is 23.9 Å². The summed E-state index contributed by atoms with van der Waals surface area (Å²) in [6, 6.07) is 24.6. The number of carbonyl (C=O) groups is 1. The Hall–Kier alpha value is -2.96. The summed E-state index contributed by atoms with van der Waals surface area (Å²) in [5, 5.41) is 3.05. The Morgan fingerprint density at radius 2 is 1.57 bits per heavy atom. The standard InChI is InChI=1S/C31H36N2O3S/c1-2-37(35,36)22-25-15-16-29-28(20-25)30(31(34)32-29)27(26-9-5-3-6-10-26)19-23-11-13-24(14-12-23)21-33-17-7-4-8-18-33/h3,5-6,9-16,20,27,30H,2,4,7-8,17-19,21-22H2,1H3,(H,32,34). The van der Waals surface area contributed by atoms with Crippen LogP contribution < -0.4 is 5.32 Å². The third-order valence-corrected chi connectivity index (χ3v) is 9.43. The lowest BCUT2D eigenvalue weighted by molar-refractivity contribution is -0.117. The van der Waals surface area contributed by atoms with Crippen molar-refractivity contribution in [1.82, 2.24) is 4.90 Å². The number of hydrogen-bond donors (Lipinski definition) is 1. The zero-order valence-corrected chi connectivity index (χ0v) is 22.3. The van der Waals surface area contributed by atoms with Crippen LogP contribution in [-0.4, -0.2) is 38.1 Å². The number of carbonyl (C=O) groups excluding carboxylic acids is 1. The van der Waals surface area contributed by atoms with Crippen LogP contribution in [-0.2, 0) is 33.4 Å². The molecule has 0 aromatic heterocycles. The lowest BCUT2D eigenvalue weighted by Gasteiger charge is -2.26. The van der Waals surface area contributed by atoms with E-state index in [9.17, 15) is 13.2 Å². The molecule has 37 heavy (non-hydrogen) atoms. The topological polar surface area (TPSA) is 66.5 Å². The maximum atomic E-state index is 13.3. The van der Waals surface area contributed by atoms with E-state index in [1.54, 1.807) is 6.92 Å². The highest BCUT2D eigenvalue weighted by molar-refractivity contribution is 7.90. The number of hydrogen-bond acceptors (Lipinski definition) is 4. The number of sulfone groups is 1. The Labute approximate surface area is 220 Å². The molecule has 3 aromatic rings. The lowest BCUT2D eigenvalue weighted by atomic mass is 9.78. The number of likely N-dealkylation sites (tertiary alicyclic amines) is 1. The molecule has 1 amide bonds. The minimum Gasteiger partial charge on any atom is -0.325 e. The molecule has 1 fully saturated rings. The first-order chi connectivity index (χ1) is 17.9. The van der Waals surface area contributed by atoms with E-state index >= 15 is 0 Å². The van der Waals surface area contributed by atoms with Crippen LogP contribution >= 0.6 is 0 Å². The van der Waals surface area contributed by atoms with Gasteiger partial charge in [-0.25, -0.2) is 8.42 Å². The summed E-state index contributed by atoms with van der Waals surface area (Å²) in [5.41, 5.74) is 6.04. The van der Waals surface area contributed by atoms with E-state index in [0.29, 0.717) is 0 Å². The Bertz CT molecular complexity index is 1330. The maximum absolute atomic E-state index is 13.3. The average molecular weight is 517 g/mol. The number of piperidine rings is 1. The number of nitrogens with one attached hydrogen (secondary N) is 1. The molecular weight excluding hydrogens is 480 g/mol. The molecule has 2 aliphatic heterocycles. The Morgan fingerprint density at radius 1 is 0.892 bits per heavy atom. The molecule has 0 radical (unpaired) electrons. The van der Waals surface area contributed by atoms with Gasteiger partial charge in [0.2, 0.25) is 5.91 Å². The molecule has 0 aliphatic carbocycles. The average Bonchev–Trinajstić information content (AvgIpc) is 3.24. The van der Waals surface area contributed by atoms with Crippen molar-refractivity contribution in [2.75, 3.05) is 24.2 Å². The Balaban J connectivity index is 1.42. The van der Waals surface area contributed by atoms with Crippen LogP contribution in [0, 0.1) is 0 Å². The van der Waals surface area contributed by atoms with Gasteiger partial charge in [0.25, 0.3) is 0 Å². The molecule has 2 aliphatic rings. The molecule has 5 rings (SSSR count). The predicted octanol–water partition coefficient (Wildman–Crippen LogP) is 5.67. The van der Waals surface area contributed by atoms with Crippen molar-refractivity contribution in [3.8, 4) is 0 Å². The SMILES string of the molecule is CCS(=O)(=O)Cc1ccc2c(c1)C(C(Cc1ccc(CN3CCCCC3)cc1)c1ccccc1)C(=O)N2. The van der Waals surface area contributed by atoms with E-state index in [1.165, 1.54) is 43.5 Å². The number of rotatable bonds is 9. The fourth-order valence-corrected chi connectivity index (χ4v) is 6.61. The highest BCUT2D eigenvalue weighted by atomic mass is 32.2. The summed E-state index contributed by atoms with van der Waals surface area (Å²) in [4.78, 5) is 15.9. The molecule has 0 spiro atoms. The van der Waals surface area contributed by atoms with Gasteiger partial charge in [-0.2, -0.15) is 0 Å². The maximum Gasteiger partial charge on any atom is 0.232 e. The summed E-state index contributed by atoms with van der Waals surface area (Å²) in [6.45, 7) is 5.01. The second-order valence-corrected chi connectivity index (χ2v) is 12.8. The highest BCUT2D eigenvalue weighted by Crippen LogP contribution is 2.44. The van der Waals surface area contributed by atoms with Crippen LogP contribution in [0.25, 0.3) is 0 Å². The molecule has 2 unspecified atom stereocenters. The van der Waals surface area contributed by atoms with Crippen molar-refractivity contribution >= 4 is 21.4 Å². The van der Waals surface area contributed by atoms with Gasteiger partial charge in [-0.05, 0) is 66.2 Å². The molecule has 5 nitrogen and oxygen atoms in total. The molecule has 0 bridgehead atoms. The smallest absolute Gasteiger partial charge is 0.232 e. The second kappa shape index (κ2) is 11.2. The van der Waals surface area contributed by atoms with Crippen LogP contribution in [0.4, 0.5) is 5.69 Å². The fraction of sp³-hybridized carbons (Fsp3) is 0.387. The van der Waals surface area contributed by atoms with Gasteiger partial charge in [0.05, 0.1) is 11.7 Å². The van der Waals surface area contributed by atoms with E-state index in [4.69, 9.17) is 0 Å². The summed E-state index contributed by atoms with van der Waals surface area (Å²) < 4.78 is 24.6. The Morgan fingerprint density at radius 3 is 2.27 bits per heavy atom. The second-order valence-electron chi connectivity index (χ2n) is 10.4. The van der Waals surface area contributed by atoms with Gasteiger partial charge >= 0.3 is 0 Å². The lowest BCUT2D eigenvalue weighted by Crippen LogP contribution is -2.29. The van der Waals surface area contributed by atoms with Crippen LogP contribution in [0.1, 0.15) is 65.8 Å². The number of nitrogens with zero attached hydrogens (tertiary/aromatic N) is 1. The first-order valence-corrected chi connectivity index (χ1v) is 15.2. The number of amides is 1. The van der Waals surface area contributed by atoms with Crippen molar-refractivity contribution in [3.05, 3.63) is 101 Å². The van der Waals surface area contributed by atoms with Crippen LogP contribution in [0.5, 0.6) is 0 Å². The monoisotopic (exact) mass is 516 g/mol. The molecule has 1 saturated heterocycles. The number of benzene rings is 3. The van der Waals surface area contributed by atoms with E-state index in [-0.39, 0.29) is 29.2 Å². The van der Waals surface area contributed by atoms with Gasteiger partial charge in [-0.3, -0.25) is 9.69 Å². The molecule has 2 heterocycles. The summed E-state index contributed by atoms with van der Waals surface area (Å²) in [7, 11) is -3.17. The normalized spacial score (nSPS) is 18.8. The first-order valence-electron chi connectivity index (χ1n) is 13.4. The van der Waals surface area contributed by atoms with Crippen LogP contribution in [0.3, 0.4) is 0 Å². The molecule has 2 atom stereocenters. The zero-order valence-electron chi connectivity index (χ0n) is 21.5. The fourth-order valence-electron chi connectivity index (χ4n) is 5.72. The van der Waals surface area contributed by atoms with Crippen molar-refractivity contribution < 1.29 is 13.2 Å². The third-order valence-electron chi connectivity index (χ3n) is 7.78. The summed E-state index contributed by atoms with van der Waals surface area (Å²) in [5.74, 6) is -0.374.